The predicted octanol–water partition coefficient (Wildman–Crippen LogP) is 2.47. The first-order valence-corrected chi connectivity index (χ1v) is 9.33. The first-order chi connectivity index (χ1) is 14.8. The molecule has 3 aromatic rings. The predicted molar refractivity (Wildman–Crippen MR) is 110 cm³/mol. The third-order valence-corrected chi connectivity index (χ3v) is 4.69. The van der Waals surface area contributed by atoms with E-state index in [-0.39, 0.29) is 40.5 Å². The smallest absolute Gasteiger partial charge is 0.255 e. The summed E-state index contributed by atoms with van der Waals surface area (Å²) in [7, 11) is 1.37. The van der Waals surface area contributed by atoms with E-state index in [1.54, 1.807) is 13.0 Å². The molecule has 0 aliphatic carbocycles. The number of nitrogens with one attached hydrogen (secondary N) is 1. The molecule has 2 amide bonds. The van der Waals surface area contributed by atoms with Crippen molar-refractivity contribution in [3.63, 3.8) is 0 Å². The number of carbonyl (C=O) groups excluding carboxylic acids is 2. The van der Waals surface area contributed by atoms with Crippen molar-refractivity contribution in [3.05, 3.63) is 64.7 Å². The molecule has 0 unspecified atom stereocenters. The Labute approximate surface area is 176 Å². The summed E-state index contributed by atoms with van der Waals surface area (Å²) >= 11 is 0. The van der Waals surface area contributed by atoms with Gasteiger partial charge in [-0.25, -0.2) is 13.5 Å². The van der Waals surface area contributed by atoms with E-state index in [0.29, 0.717) is 12.1 Å². The SMILES string of the molecule is CCn1nc(-c2ccc(CNC(=O)c3cc(F)ccc3OC)cc2F)c(C(N)=O)c1N. The lowest BCUT2D eigenvalue weighted by atomic mass is 10.0. The second-order valence-corrected chi connectivity index (χ2v) is 6.63. The van der Waals surface area contributed by atoms with Gasteiger partial charge in [0.15, 0.2) is 0 Å². The summed E-state index contributed by atoms with van der Waals surface area (Å²) in [4.78, 5) is 24.2. The Morgan fingerprint density at radius 1 is 1.19 bits per heavy atom. The van der Waals surface area contributed by atoms with Crippen LogP contribution in [-0.4, -0.2) is 28.7 Å². The van der Waals surface area contributed by atoms with Crippen molar-refractivity contribution < 1.29 is 23.1 Å². The third kappa shape index (κ3) is 4.32. The number of hydrogen-bond donors (Lipinski definition) is 3. The number of aromatic nitrogens is 2. The van der Waals surface area contributed by atoms with Crippen LogP contribution in [0.3, 0.4) is 0 Å². The number of hydrogen-bond acceptors (Lipinski definition) is 5. The fraction of sp³-hybridized carbons (Fsp3) is 0.190. The van der Waals surface area contributed by atoms with Gasteiger partial charge in [-0.15, -0.1) is 0 Å². The summed E-state index contributed by atoms with van der Waals surface area (Å²) in [5, 5.41) is 6.77. The highest BCUT2D eigenvalue weighted by Crippen LogP contribution is 2.29. The van der Waals surface area contributed by atoms with Crippen LogP contribution in [0.15, 0.2) is 36.4 Å². The fourth-order valence-corrected chi connectivity index (χ4v) is 3.14. The van der Waals surface area contributed by atoms with E-state index in [4.69, 9.17) is 16.2 Å². The lowest BCUT2D eigenvalue weighted by Gasteiger charge is -2.10. The molecule has 31 heavy (non-hydrogen) atoms. The van der Waals surface area contributed by atoms with Crippen molar-refractivity contribution in [3.8, 4) is 17.0 Å². The molecule has 8 nitrogen and oxygen atoms in total. The molecule has 0 bridgehead atoms. The minimum absolute atomic E-state index is 0.0197. The van der Waals surface area contributed by atoms with Gasteiger partial charge < -0.3 is 21.5 Å². The average Bonchev–Trinajstić information content (AvgIpc) is 3.08. The number of aryl methyl sites for hydroxylation is 1. The molecule has 0 fully saturated rings. The van der Waals surface area contributed by atoms with Gasteiger partial charge in [-0.05, 0) is 42.8 Å². The van der Waals surface area contributed by atoms with Gasteiger partial charge in [0.2, 0.25) is 0 Å². The first kappa shape index (κ1) is 21.8. The van der Waals surface area contributed by atoms with Crippen LogP contribution in [0.1, 0.15) is 33.2 Å². The van der Waals surface area contributed by atoms with Crippen LogP contribution in [0.2, 0.25) is 0 Å². The van der Waals surface area contributed by atoms with Crippen molar-refractivity contribution in [2.45, 2.75) is 20.0 Å². The van der Waals surface area contributed by atoms with Crippen molar-refractivity contribution in [2.24, 2.45) is 5.73 Å². The highest BCUT2D eigenvalue weighted by atomic mass is 19.1. The second kappa shape index (κ2) is 8.82. The van der Waals surface area contributed by atoms with E-state index in [1.807, 2.05) is 0 Å². The summed E-state index contributed by atoms with van der Waals surface area (Å²) in [5.41, 5.74) is 11.8. The molecule has 1 aromatic heterocycles. The summed E-state index contributed by atoms with van der Waals surface area (Å²) in [5.74, 6) is -2.37. The molecule has 0 aliphatic rings. The van der Waals surface area contributed by atoms with Crippen LogP contribution in [0.5, 0.6) is 5.75 Å². The van der Waals surface area contributed by atoms with Gasteiger partial charge >= 0.3 is 0 Å². The summed E-state index contributed by atoms with van der Waals surface area (Å²) < 4.78 is 34.7. The fourth-order valence-electron chi connectivity index (χ4n) is 3.14. The maximum atomic E-state index is 14.8. The molecule has 0 spiro atoms. The number of nitrogens with two attached hydrogens (primary N) is 2. The normalized spacial score (nSPS) is 10.7. The Morgan fingerprint density at radius 2 is 1.94 bits per heavy atom. The topological polar surface area (TPSA) is 125 Å². The Kier molecular flexibility index (Phi) is 6.19. The highest BCUT2D eigenvalue weighted by molar-refractivity contribution is 6.03. The van der Waals surface area contributed by atoms with Gasteiger partial charge in [-0.1, -0.05) is 6.07 Å². The zero-order valence-electron chi connectivity index (χ0n) is 16.9. The van der Waals surface area contributed by atoms with Crippen molar-refractivity contribution in [1.29, 1.82) is 0 Å². The van der Waals surface area contributed by atoms with Gasteiger partial charge in [-0.3, -0.25) is 9.59 Å². The number of anilines is 1. The number of halogens is 2. The molecular weight excluding hydrogens is 408 g/mol. The third-order valence-electron chi connectivity index (χ3n) is 4.69. The maximum Gasteiger partial charge on any atom is 0.255 e. The molecule has 0 atom stereocenters. The number of rotatable bonds is 7. The van der Waals surface area contributed by atoms with Crippen LogP contribution in [-0.2, 0) is 13.1 Å². The largest absolute Gasteiger partial charge is 0.496 e. The lowest BCUT2D eigenvalue weighted by molar-refractivity contribution is 0.0946. The molecule has 0 radical (unpaired) electrons. The van der Waals surface area contributed by atoms with Gasteiger partial charge in [0.05, 0.1) is 12.7 Å². The number of nitrogens with zero attached hydrogens (tertiary/aromatic N) is 2. The molecule has 10 heteroatoms. The quantitative estimate of drug-likeness (QED) is 0.532. The Bertz CT molecular complexity index is 1160. The molecule has 0 aliphatic heterocycles. The van der Waals surface area contributed by atoms with E-state index in [1.165, 1.54) is 36.1 Å². The van der Waals surface area contributed by atoms with Crippen molar-refractivity contribution in [1.82, 2.24) is 15.1 Å². The lowest BCUT2D eigenvalue weighted by Crippen LogP contribution is -2.23. The van der Waals surface area contributed by atoms with Crippen molar-refractivity contribution in [2.75, 3.05) is 12.8 Å². The molecule has 0 saturated carbocycles. The van der Waals surface area contributed by atoms with Gasteiger partial charge in [0, 0.05) is 18.7 Å². The second-order valence-electron chi connectivity index (χ2n) is 6.63. The Balaban J connectivity index is 1.84. The first-order valence-electron chi connectivity index (χ1n) is 9.33. The van der Waals surface area contributed by atoms with E-state index < -0.39 is 23.4 Å². The van der Waals surface area contributed by atoms with Crippen LogP contribution in [0.4, 0.5) is 14.6 Å². The number of primary amides is 1. The molecule has 5 N–H and O–H groups in total. The van der Waals surface area contributed by atoms with Gasteiger partial charge in [-0.2, -0.15) is 5.10 Å². The van der Waals surface area contributed by atoms with Gasteiger partial charge in [0.25, 0.3) is 11.8 Å². The Morgan fingerprint density at radius 3 is 2.55 bits per heavy atom. The van der Waals surface area contributed by atoms with Crippen LogP contribution in [0.25, 0.3) is 11.3 Å². The Hall–Kier alpha value is -3.95. The minimum atomic E-state index is -0.813. The number of carbonyl (C=O) groups is 2. The molecule has 3 rings (SSSR count). The van der Waals surface area contributed by atoms with E-state index in [0.717, 1.165) is 6.07 Å². The number of benzene rings is 2. The number of nitrogen functional groups attached to an aromatic ring is 1. The van der Waals surface area contributed by atoms with E-state index >= 15 is 0 Å². The van der Waals surface area contributed by atoms with E-state index in [9.17, 15) is 18.4 Å². The van der Waals surface area contributed by atoms with E-state index in [2.05, 4.69) is 10.4 Å². The van der Waals surface area contributed by atoms with Crippen LogP contribution < -0.4 is 21.5 Å². The maximum absolute atomic E-state index is 14.8. The molecule has 1 heterocycles. The number of amides is 2. The van der Waals surface area contributed by atoms with Gasteiger partial charge in [0.1, 0.15) is 34.5 Å². The summed E-state index contributed by atoms with van der Waals surface area (Å²) in [6.07, 6.45) is 0. The standard InChI is InChI=1S/C21H21F2N5O3/c1-3-28-19(24)17(20(25)29)18(27-28)13-6-4-11(8-15(13)23)10-26-21(30)14-9-12(22)5-7-16(14)31-2/h4-9H,3,10,24H2,1-2H3,(H2,25,29)(H,26,30). The average molecular weight is 429 g/mol. The summed E-state index contributed by atoms with van der Waals surface area (Å²) in [6, 6.07) is 7.76. The number of ether oxygens (including phenoxy) is 1. The molecular formula is C21H21F2N5O3. The summed E-state index contributed by atoms with van der Waals surface area (Å²) in [6.45, 7) is 2.12. The molecule has 162 valence electrons. The zero-order chi connectivity index (χ0) is 22.7. The van der Waals surface area contributed by atoms with Crippen LogP contribution in [0, 0.1) is 11.6 Å². The van der Waals surface area contributed by atoms with Crippen molar-refractivity contribution >= 4 is 17.6 Å². The number of methoxy groups -OCH3 is 1. The van der Waals surface area contributed by atoms with Crippen LogP contribution >= 0.6 is 0 Å². The minimum Gasteiger partial charge on any atom is -0.496 e. The zero-order valence-corrected chi connectivity index (χ0v) is 16.9. The molecule has 2 aromatic carbocycles. The highest BCUT2D eigenvalue weighted by Gasteiger charge is 2.23. The molecule has 0 saturated heterocycles. The monoisotopic (exact) mass is 429 g/mol.